The van der Waals surface area contributed by atoms with Crippen LogP contribution in [0.5, 0.6) is 0 Å². The van der Waals surface area contributed by atoms with Gasteiger partial charge in [-0.05, 0) is 49.1 Å². The number of aromatic amines is 1. The van der Waals surface area contributed by atoms with Gasteiger partial charge in [-0.2, -0.15) is 9.97 Å². The molecular weight excluding hydrogens is 442 g/mol. The molecule has 0 aliphatic rings. The topological polar surface area (TPSA) is 201 Å². The van der Waals surface area contributed by atoms with Gasteiger partial charge in [-0.3, -0.25) is 9.59 Å². The summed E-state index contributed by atoms with van der Waals surface area (Å²) in [5.41, 5.74) is 14.4. The van der Waals surface area contributed by atoms with Crippen molar-refractivity contribution in [1.29, 1.82) is 0 Å². The molecule has 0 saturated carbocycles. The molecule has 12 nitrogen and oxygen atoms in total. The number of nitrogen functional groups attached to an aromatic ring is 2. The molecule has 2 heterocycles. The Balaban J connectivity index is 1.55. The molecule has 0 saturated heterocycles. The molecule has 12 heteroatoms. The summed E-state index contributed by atoms with van der Waals surface area (Å²) in [6, 6.07) is 5.45. The molecule has 0 bridgehead atoms. The van der Waals surface area contributed by atoms with Crippen LogP contribution in [-0.4, -0.2) is 62.6 Å². The van der Waals surface area contributed by atoms with Crippen molar-refractivity contribution in [1.82, 2.24) is 20.3 Å². The maximum Gasteiger partial charge on any atom is 0.326 e. The summed E-state index contributed by atoms with van der Waals surface area (Å²) in [5, 5.41) is 21.1. The Morgan fingerprint density at radius 2 is 1.85 bits per heavy atom. The third-order valence-electron chi connectivity index (χ3n) is 5.42. The quantitative estimate of drug-likeness (QED) is 0.237. The molecule has 3 aromatic rings. The van der Waals surface area contributed by atoms with E-state index >= 15 is 0 Å². The van der Waals surface area contributed by atoms with E-state index in [1.54, 1.807) is 24.3 Å². The lowest BCUT2D eigenvalue weighted by Gasteiger charge is -2.20. The minimum absolute atomic E-state index is 0.119. The van der Waals surface area contributed by atoms with Crippen molar-refractivity contribution in [2.75, 3.05) is 30.0 Å². The zero-order chi connectivity index (χ0) is 24.8. The number of rotatable bonds is 11. The number of fused-ring (bicyclic) bond motifs is 1. The smallest absolute Gasteiger partial charge is 0.326 e. The molecule has 0 spiro atoms. The second-order valence-electron chi connectivity index (χ2n) is 7.87. The summed E-state index contributed by atoms with van der Waals surface area (Å²) >= 11 is 0. The molecule has 0 fully saturated rings. The minimum Gasteiger partial charge on any atom is -0.481 e. The van der Waals surface area contributed by atoms with Gasteiger partial charge >= 0.3 is 11.9 Å². The molecule has 180 valence electrons. The molecule has 8 N–H and O–H groups in total. The lowest BCUT2D eigenvalue weighted by atomic mass is 10.1. The predicted molar refractivity (Wildman–Crippen MR) is 127 cm³/mol. The van der Waals surface area contributed by atoms with Crippen molar-refractivity contribution in [2.24, 2.45) is 0 Å². The Kier molecular flexibility index (Phi) is 7.51. The van der Waals surface area contributed by atoms with Crippen molar-refractivity contribution >= 4 is 46.3 Å². The monoisotopic (exact) mass is 469 g/mol. The number of hydrogen-bond donors (Lipinski definition) is 6. The van der Waals surface area contributed by atoms with E-state index in [4.69, 9.17) is 16.6 Å². The molecule has 1 atom stereocenters. The molecule has 2 aromatic heterocycles. The van der Waals surface area contributed by atoms with Gasteiger partial charge in [0.15, 0.2) is 0 Å². The number of amides is 1. The van der Waals surface area contributed by atoms with Crippen molar-refractivity contribution < 1.29 is 24.6 Å². The van der Waals surface area contributed by atoms with Gasteiger partial charge in [-0.15, -0.1) is 0 Å². The summed E-state index contributed by atoms with van der Waals surface area (Å²) in [7, 11) is 1.93. The first-order valence-corrected chi connectivity index (χ1v) is 10.6. The molecule has 34 heavy (non-hydrogen) atoms. The summed E-state index contributed by atoms with van der Waals surface area (Å²) in [5.74, 6) is -2.52. The normalized spacial score (nSPS) is 11.8. The van der Waals surface area contributed by atoms with Crippen LogP contribution in [0.4, 0.5) is 17.5 Å². The lowest BCUT2D eigenvalue weighted by Crippen LogP contribution is -2.41. The third kappa shape index (κ3) is 5.91. The van der Waals surface area contributed by atoms with E-state index in [0.29, 0.717) is 11.5 Å². The van der Waals surface area contributed by atoms with E-state index in [2.05, 4.69) is 20.3 Å². The number of carbonyl (C=O) groups is 3. The molecule has 1 amide bonds. The van der Waals surface area contributed by atoms with Crippen molar-refractivity contribution in [3.63, 3.8) is 0 Å². The predicted octanol–water partition coefficient (Wildman–Crippen LogP) is 1.24. The number of carbonyl (C=O) groups excluding carboxylic acids is 1. The molecule has 0 aliphatic heterocycles. The largest absolute Gasteiger partial charge is 0.481 e. The van der Waals surface area contributed by atoms with E-state index in [-0.39, 0.29) is 24.4 Å². The number of aliphatic carboxylic acids is 2. The minimum atomic E-state index is -1.28. The molecule has 0 radical (unpaired) electrons. The van der Waals surface area contributed by atoms with Crippen LogP contribution in [0.2, 0.25) is 0 Å². The number of carboxylic acid groups (broad SMARTS) is 2. The van der Waals surface area contributed by atoms with Gasteiger partial charge < -0.3 is 36.9 Å². The summed E-state index contributed by atoms with van der Waals surface area (Å²) < 4.78 is 0. The maximum atomic E-state index is 12.4. The number of anilines is 3. The molecule has 0 unspecified atom stereocenters. The highest BCUT2D eigenvalue weighted by Crippen LogP contribution is 2.24. The highest BCUT2D eigenvalue weighted by Gasteiger charge is 2.21. The fraction of sp³-hybridized carbons (Fsp3) is 0.318. The second-order valence-corrected chi connectivity index (χ2v) is 7.87. The number of carboxylic acids is 2. The zero-order valence-corrected chi connectivity index (χ0v) is 18.6. The molecule has 3 rings (SSSR count). The van der Waals surface area contributed by atoms with Crippen LogP contribution in [0.15, 0.2) is 30.5 Å². The maximum absolute atomic E-state index is 12.4. The van der Waals surface area contributed by atoms with E-state index in [0.717, 1.165) is 36.0 Å². The number of H-pyrrole nitrogens is 1. The Morgan fingerprint density at radius 1 is 1.15 bits per heavy atom. The van der Waals surface area contributed by atoms with Gasteiger partial charge in [-0.25, -0.2) is 4.79 Å². The fourth-order valence-electron chi connectivity index (χ4n) is 3.61. The summed E-state index contributed by atoms with van der Waals surface area (Å²) in [6.45, 7) is 0.726. The van der Waals surface area contributed by atoms with Crippen LogP contribution in [-0.2, 0) is 16.0 Å². The first-order chi connectivity index (χ1) is 16.2. The molecule has 1 aromatic carbocycles. The van der Waals surface area contributed by atoms with Crippen LogP contribution in [0.3, 0.4) is 0 Å². The number of aromatic nitrogens is 3. The number of aryl methyl sites for hydroxylation is 1. The third-order valence-corrected chi connectivity index (χ3v) is 5.42. The molecule has 0 aliphatic carbocycles. The van der Waals surface area contributed by atoms with E-state index in [1.165, 1.54) is 0 Å². The highest BCUT2D eigenvalue weighted by molar-refractivity contribution is 5.97. The zero-order valence-electron chi connectivity index (χ0n) is 18.6. The SMILES string of the molecule is CN(CCCc1c[nH]c2nc(N)nc(N)c12)c1ccc(C(=O)N[C@@H](CCC(=O)O)C(=O)O)cc1. The Morgan fingerprint density at radius 3 is 2.50 bits per heavy atom. The number of hydrogen-bond acceptors (Lipinski definition) is 8. The van der Waals surface area contributed by atoms with Gasteiger partial charge in [0.2, 0.25) is 5.95 Å². The van der Waals surface area contributed by atoms with Crippen LogP contribution in [0.1, 0.15) is 35.2 Å². The van der Waals surface area contributed by atoms with Crippen LogP contribution < -0.4 is 21.7 Å². The van der Waals surface area contributed by atoms with Gasteiger partial charge in [0, 0.05) is 37.5 Å². The first-order valence-electron chi connectivity index (χ1n) is 10.6. The number of nitrogens with two attached hydrogens (primary N) is 2. The van der Waals surface area contributed by atoms with E-state index in [1.807, 2.05) is 18.1 Å². The number of nitrogens with one attached hydrogen (secondary N) is 2. The Bertz CT molecular complexity index is 1190. The van der Waals surface area contributed by atoms with Crippen LogP contribution >= 0.6 is 0 Å². The first kappa shape index (κ1) is 24.3. The average Bonchev–Trinajstić information content (AvgIpc) is 3.19. The van der Waals surface area contributed by atoms with Crippen LogP contribution in [0.25, 0.3) is 11.0 Å². The summed E-state index contributed by atoms with van der Waals surface area (Å²) in [6.07, 6.45) is 2.87. The van der Waals surface area contributed by atoms with Gasteiger partial charge in [-0.1, -0.05) is 0 Å². The lowest BCUT2D eigenvalue weighted by molar-refractivity contribution is -0.140. The van der Waals surface area contributed by atoms with Gasteiger partial charge in [0.1, 0.15) is 17.5 Å². The number of benzene rings is 1. The van der Waals surface area contributed by atoms with Gasteiger partial charge in [0.05, 0.1) is 5.39 Å². The van der Waals surface area contributed by atoms with Gasteiger partial charge in [0.25, 0.3) is 5.91 Å². The van der Waals surface area contributed by atoms with E-state index < -0.39 is 23.9 Å². The van der Waals surface area contributed by atoms with Crippen molar-refractivity contribution in [2.45, 2.75) is 31.7 Å². The second kappa shape index (κ2) is 10.5. The average molecular weight is 470 g/mol. The van der Waals surface area contributed by atoms with Crippen LogP contribution in [0, 0.1) is 0 Å². The Labute approximate surface area is 195 Å². The fourth-order valence-corrected chi connectivity index (χ4v) is 3.61. The van der Waals surface area contributed by atoms with Crippen molar-refractivity contribution in [3.05, 3.63) is 41.6 Å². The summed E-state index contributed by atoms with van der Waals surface area (Å²) in [4.78, 5) is 47.6. The number of nitrogens with zero attached hydrogens (tertiary/aromatic N) is 3. The Hall–Kier alpha value is -4.35. The highest BCUT2D eigenvalue weighted by atomic mass is 16.4. The standard InChI is InChI=1S/C22H27N7O5/c1-29(10-2-3-13-11-25-19-17(13)18(23)27-22(24)28-19)14-6-4-12(5-7-14)20(32)26-15(21(33)34)8-9-16(30)31/h4-7,11,15H,2-3,8-10H2,1H3,(H,26,32)(H,30,31)(H,33,34)(H5,23,24,25,27,28)/t15-/m0/s1. The molecular formula is C22H27N7O5. The van der Waals surface area contributed by atoms with Crippen molar-refractivity contribution in [3.8, 4) is 0 Å². The van der Waals surface area contributed by atoms with E-state index in [9.17, 15) is 19.5 Å².